The summed E-state index contributed by atoms with van der Waals surface area (Å²) in [5.74, 6) is -0.570. The maximum atomic E-state index is 14.4. The van der Waals surface area contributed by atoms with E-state index in [0.29, 0.717) is 25.7 Å². The molecular formula is C41H56N2O6Si. The number of benzene rings is 3. The number of rotatable bonds is 13. The fraction of sp³-hybridized carbons (Fsp3) is 0.463. The Morgan fingerprint density at radius 1 is 0.940 bits per heavy atom. The first-order valence-electron chi connectivity index (χ1n) is 17.6. The van der Waals surface area contributed by atoms with E-state index in [9.17, 15) is 19.8 Å². The molecule has 270 valence electrons. The third-order valence-electron chi connectivity index (χ3n) is 9.71. The van der Waals surface area contributed by atoms with Crippen LogP contribution >= 0.6 is 0 Å². The Morgan fingerprint density at radius 3 is 2.22 bits per heavy atom. The largest absolute Gasteiger partial charge is 0.508 e. The van der Waals surface area contributed by atoms with Gasteiger partial charge < -0.3 is 30.0 Å². The van der Waals surface area contributed by atoms with Gasteiger partial charge in [-0.15, -0.1) is 0 Å². The summed E-state index contributed by atoms with van der Waals surface area (Å²) in [5.41, 5.74) is 3.17. The smallest absolute Gasteiger partial charge is 0.407 e. The highest BCUT2D eigenvalue weighted by molar-refractivity contribution is 6.74. The fourth-order valence-corrected chi connectivity index (χ4v) is 7.39. The van der Waals surface area contributed by atoms with Crippen molar-refractivity contribution in [2.45, 2.75) is 115 Å². The number of aliphatic hydroxyl groups excluding tert-OH is 1. The molecule has 0 saturated heterocycles. The molecule has 0 radical (unpaired) electrons. The molecule has 0 bridgehead atoms. The summed E-state index contributed by atoms with van der Waals surface area (Å²) < 4.78 is 12.9. The number of hydrogen-bond acceptors (Lipinski definition) is 6. The van der Waals surface area contributed by atoms with Crippen molar-refractivity contribution in [1.29, 1.82) is 0 Å². The Kier molecular flexibility index (Phi) is 12.7. The maximum absolute atomic E-state index is 14.4. The average molecular weight is 701 g/mol. The van der Waals surface area contributed by atoms with Crippen molar-refractivity contribution in [3.05, 3.63) is 107 Å². The molecule has 2 amide bonds. The molecule has 3 aromatic rings. The van der Waals surface area contributed by atoms with Crippen LogP contribution in [0.5, 0.6) is 5.75 Å². The first-order chi connectivity index (χ1) is 23.4. The second-order valence-corrected chi connectivity index (χ2v) is 20.7. The molecule has 9 heteroatoms. The molecule has 1 aliphatic carbocycles. The standard InChI is InChI=1S/C41H56N2O6Si/c1-40(2,3)48-39(47)42-34(25-29-15-10-9-11-16-29)36(49-50(7,8)41(4,5)6)27-31(19-14-17-28-21-23-32(44)24-22-28)38(46)43-37-33-20-13-12-18-30(33)26-35(37)45/h9-18,20-24,31,34-37,44-45H,19,25-27H2,1-8H3,(H,42,47)(H,43,46)/t31-,34+,35-,36+,37+/m1/s1. The van der Waals surface area contributed by atoms with Gasteiger partial charge in [-0.2, -0.15) is 0 Å². The minimum absolute atomic E-state index is 0.136. The Hall–Kier alpha value is -3.92. The lowest BCUT2D eigenvalue weighted by atomic mass is 9.90. The minimum atomic E-state index is -2.44. The first kappa shape index (κ1) is 38.9. The van der Waals surface area contributed by atoms with Gasteiger partial charge in [-0.1, -0.05) is 99.7 Å². The van der Waals surface area contributed by atoms with Crippen LogP contribution in [0.1, 0.15) is 82.7 Å². The Bertz CT molecular complexity index is 1590. The minimum Gasteiger partial charge on any atom is -0.508 e. The highest BCUT2D eigenvalue weighted by Gasteiger charge is 2.43. The van der Waals surface area contributed by atoms with Crippen molar-refractivity contribution >= 4 is 26.4 Å². The highest BCUT2D eigenvalue weighted by Crippen LogP contribution is 2.39. The quantitative estimate of drug-likeness (QED) is 0.134. The third-order valence-corrected chi connectivity index (χ3v) is 14.2. The van der Waals surface area contributed by atoms with Crippen LogP contribution < -0.4 is 10.6 Å². The SMILES string of the molecule is CC(C)(C)OC(=O)N[C@@H](Cc1ccccc1)[C@H](C[C@@H](CC=Cc1ccc(O)cc1)C(=O)N[C@H]1c2ccccc2C[C@H]1O)O[Si](C)(C)C(C)(C)C. The van der Waals surface area contributed by atoms with Gasteiger partial charge in [0, 0.05) is 12.3 Å². The highest BCUT2D eigenvalue weighted by atomic mass is 28.4. The molecule has 1 aliphatic rings. The van der Waals surface area contributed by atoms with Gasteiger partial charge in [0.15, 0.2) is 8.32 Å². The summed E-state index contributed by atoms with van der Waals surface area (Å²) in [5, 5.41) is 27.0. The number of amides is 2. The van der Waals surface area contributed by atoms with E-state index < -0.39 is 50.2 Å². The number of hydrogen-bond donors (Lipinski definition) is 4. The number of alkyl carbamates (subject to hydrolysis) is 1. The van der Waals surface area contributed by atoms with E-state index >= 15 is 0 Å². The molecule has 3 aromatic carbocycles. The zero-order valence-corrected chi connectivity index (χ0v) is 31.9. The zero-order valence-electron chi connectivity index (χ0n) is 30.9. The molecule has 0 unspecified atom stereocenters. The number of nitrogens with one attached hydrogen (secondary N) is 2. The second kappa shape index (κ2) is 16.4. The molecule has 4 N–H and O–H groups in total. The van der Waals surface area contributed by atoms with Crippen LogP contribution in [-0.4, -0.2) is 54.4 Å². The lowest BCUT2D eigenvalue weighted by Gasteiger charge is -2.42. The Labute approximate surface area is 299 Å². The molecule has 0 fully saturated rings. The summed E-state index contributed by atoms with van der Waals surface area (Å²) in [6.45, 7) is 16.4. The molecule has 0 aliphatic heterocycles. The van der Waals surface area contributed by atoms with Crippen molar-refractivity contribution in [2.75, 3.05) is 0 Å². The predicted octanol–water partition coefficient (Wildman–Crippen LogP) is 8.10. The van der Waals surface area contributed by atoms with E-state index in [1.165, 1.54) is 0 Å². The van der Waals surface area contributed by atoms with Crippen LogP contribution in [-0.2, 0) is 26.8 Å². The summed E-state index contributed by atoms with van der Waals surface area (Å²) in [4.78, 5) is 27.8. The first-order valence-corrected chi connectivity index (χ1v) is 20.6. The molecular weight excluding hydrogens is 645 g/mol. The van der Waals surface area contributed by atoms with E-state index in [1.807, 2.05) is 99.7 Å². The van der Waals surface area contributed by atoms with E-state index in [-0.39, 0.29) is 16.7 Å². The van der Waals surface area contributed by atoms with Crippen molar-refractivity contribution < 1.29 is 29.0 Å². The lowest BCUT2D eigenvalue weighted by molar-refractivity contribution is -0.127. The van der Waals surface area contributed by atoms with Gasteiger partial charge in [0.1, 0.15) is 11.4 Å². The van der Waals surface area contributed by atoms with Gasteiger partial charge in [0.25, 0.3) is 0 Å². The van der Waals surface area contributed by atoms with Crippen molar-refractivity contribution in [3.8, 4) is 5.75 Å². The Morgan fingerprint density at radius 2 is 1.58 bits per heavy atom. The molecule has 0 heterocycles. The summed E-state index contributed by atoms with van der Waals surface area (Å²) in [6.07, 6.45) is 3.74. The number of phenolic OH excluding ortho intramolecular Hbond substituents is 1. The van der Waals surface area contributed by atoms with Gasteiger partial charge in [0.2, 0.25) is 5.91 Å². The second-order valence-electron chi connectivity index (χ2n) is 16.0. The van der Waals surface area contributed by atoms with E-state index in [2.05, 4.69) is 44.5 Å². The lowest BCUT2D eigenvalue weighted by Crippen LogP contribution is -2.54. The average Bonchev–Trinajstić information content (AvgIpc) is 3.34. The molecule has 4 rings (SSSR count). The van der Waals surface area contributed by atoms with Gasteiger partial charge in [-0.05, 0) is 92.6 Å². The van der Waals surface area contributed by atoms with Crippen LogP contribution in [0.3, 0.4) is 0 Å². The van der Waals surface area contributed by atoms with Crippen LogP contribution in [0.4, 0.5) is 4.79 Å². The summed E-state index contributed by atoms with van der Waals surface area (Å²) >= 11 is 0. The number of carbonyl (C=O) groups excluding carboxylic acids is 2. The number of ether oxygens (including phenoxy) is 1. The number of aliphatic hydroxyl groups is 1. The number of phenols is 1. The summed E-state index contributed by atoms with van der Waals surface area (Å²) in [6, 6.07) is 23.6. The molecule has 0 spiro atoms. The van der Waals surface area contributed by atoms with Crippen molar-refractivity contribution in [1.82, 2.24) is 10.6 Å². The summed E-state index contributed by atoms with van der Waals surface area (Å²) in [7, 11) is -2.44. The maximum Gasteiger partial charge on any atom is 0.407 e. The van der Waals surface area contributed by atoms with Crippen LogP contribution in [0.25, 0.3) is 6.08 Å². The zero-order chi connectivity index (χ0) is 36.7. The predicted molar refractivity (Wildman–Crippen MR) is 202 cm³/mol. The molecule has 50 heavy (non-hydrogen) atoms. The van der Waals surface area contributed by atoms with Crippen molar-refractivity contribution in [2.24, 2.45) is 5.92 Å². The van der Waals surface area contributed by atoms with Crippen molar-refractivity contribution in [3.63, 3.8) is 0 Å². The molecule has 8 nitrogen and oxygen atoms in total. The molecule has 0 aromatic heterocycles. The third kappa shape index (κ3) is 11.0. The normalized spacial score (nSPS) is 18.3. The van der Waals surface area contributed by atoms with E-state index in [4.69, 9.17) is 9.16 Å². The number of allylic oxidation sites excluding steroid dienone is 1. The topological polar surface area (TPSA) is 117 Å². The molecule has 0 saturated carbocycles. The fourth-order valence-electron chi connectivity index (χ4n) is 6.02. The van der Waals surface area contributed by atoms with E-state index in [1.54, 1.807) is 12.1 Å². The number of aromatic hydroxyl groups is 1. The Balaban J connectivity index is 1.72. The van der Waals surface area contributed by atoms with Crippen LogP contribution in [0, 0.1) is 5.92 Å². The van der Waals surface area contributed by atoms with E-state index in [0.717, 1.165) is 22.3 Å². The van der Waals surface area contributed by atoms with Crippen LogP contribution in [0.2, 0.25) is 18.1 Å². The monoisotopic (exact) mass is 700 g/mol. The van der Waals surface area contributed by atoms with Gasteiger partial charge in [-0.25, -0.2) is 4.79 Å². The number of fused-ring (bicyclic) bond motifs is 1. The number of carbonyl (C=O) groups is 2. The van der Waals surface area contributed by atoms with Gasteiger partial charge in [-0.3, -0.25) is 4.79 Å². The van der Waals surface area contributed by atoms with Gasteiger partial charge in [0.05, 0.1) is 24.3 Å². The van der Waals surface area contributed by atoms with Crippen LogP contribution in [0.15, 0.2) is 84.9 Å². The molecule has 5 atom stereocenters. The van der Waals surface area contributed by atoms with Gasteiger partial charge >= 0.3 is 6.09 Å².